The van der Waals surface area contributed by atoms with Crippen molar-refractivity contribution in [2.75, 3.05) is 58.4 Å². The molecule has 2 N–H and O–H groups in total. The van der Waals surface area contributed by atoms with Gasteiger partial charge in [-0.1, -0.05) is 42.3 Å². The second-order valence-electron chi connectivity index (χ2n) is 12.0. The minimum Gasteiger partial charge on any atom is -0.381 e. The van der Waals surface area contributed by atoms with Crippen molar-refractivity contribution in [3.63, 3.8) is 0 Å². The van der Waals surface area contributed by atoms with Gasteiger partial charge in [0.15, 0.2) is 0 Å². The average molecular weight is 649 g/mol. The zero-order valence-electron chi connectivity index (χ0n) is 26.4. The third-order valence-corrected chi connectivity index (χ3v) is 8.70. The summed E-state index contributed by atoms with van der Waals surface area (Å²) in [4.78, 5) is 15.6. The van der Waals surface area contributed by atoms with Crippen molar-refractivity contribution in [3.05, 3.63) is 72.1 Å². The average Bonchev–Trinajstić information content (AvgIpc) is 3.63. The number of halogens is 3. The first-order valence-corrected chi connectivity index (χ1v) is 15.9. The third-order valence-electron chi connectivity index (χ3n) is 8.70. The van der Waals surface area contributed by atoms with Crippen molar-refractivity contribution < 1.29 is 27.4 Å². The Morgan fingerprint density at radius 1 is 1.00 bits per heavy atom. The Bertz CT molecular complexity index is 1740. The number of piperidine rings is 1. The molecule has 2 atom stereocenters. The van der Waals surface area contributed by atoms with E-state index in [4.69, 9.17) is 9.47 Å². The van der Waals surface area contributed by atoms with Crippen LogP contribution in [0.1, 0.15) is 28.9 Å². The lowest BCUT2D eigenvalue weighted by molar-refractivity contribution is -0.140. The number of hydrogen-bond acceptors (Lipinski definition) is 6. The van der Waals surface area contributed by atoms with Crippen LogP contribution < -0.4 is 10.6 Å². The fraction of sp³-hybridized carbons (Fsp3) is 0.429. The Hall–Kier alpha value is -4.31. The summed E-state index contributed by atoms with van der Waals surface area (Å²) in [5.74, 6) is 5.69. The zero-order valence-corrected chi connectivity index (χ0v) is 26.4. The van der Waals surface area contributed by atoms with Crippen molar-refractivity contribution in [3.8, 4) is 23.1 Å². The molecule has 2 aromatic carbocycles. The van der Waals surface area contributed by atoms with Gasteiger partial charge in [0.2, 0.25) is 0 Å². The number of carbonyl (C=O) groups is 1. The van der Waals surface area contributed by atoms with Gasteiger partial charge in [0, 0.05) is 35.8 Å². The van der Waals surface area contributed by atoms with E-state index in [0.717, 1.165) is 37.2 Å². The van der Waals surface area contributed by atoms with E-state index < -0.39 is 12.7 Å². The van der Waals surface area contributed by atoms with Crippen LogP contribution in [-0.2, 0) is 22.6 Å². The predicted molar refractivity (Wildman–Crippen MR) is 174 cm³/mol. The lowest BCUT2D eigenvalue weighted by Gasteiger charge is -2.38. The van der Waals surface area contributed by atoms with Crippen molar-refractivity contribution in [2.24, 2.45) is 5.92 Å². The van der Waals surface area contributed by atoms with Crippen molar-refractivity contribution in [2.45, 2.75) is 38.1 Å². The second kappa shape index (κ2) is 14.6. The van der Waals surface area contributed by atoms with Crippen LogP contribution in [-0.4, -0.2) is 90.5 Å². The van der Waals surface area contributed by atoms with E-state index in [9.17, 15) is 18.0 Å². The number of anilines is 1. The maximum atomic E-state index is 13.8. The largest absolute Gasteiger partial charge is 0.406 e. The lowest BCUT2D eigenvalue weighted by Crippen LogP contribution is -2.45. The molecule has 4 bridgehead atoms. The minimum absolute atomic E-state index is 0.0583. The van der Waals surface area contributed by atoms with E-state index in [1.165, 1.54) is 10.8 Å². The van der Waals surface area contributed by atoms with E-state index in [1.807, 2.05) is 36.4 Å². The van der Waals surface area contributed by atoms with Gasteiger partial charge in [0.05, 0.1) is 61.6 Å². The molecule has 2 aliphatic rings. The third kappa shape index (κ3) is 7.99. The van der Waals surface area contributed by atoms with E-state index in [-0.39, 0.29) is 30.1 Å². The molecular weight excluding hydrogens is 609 g/mol. The molecule has 0 radical (unpaired) electrons. The topological polar surface area (TPSA) is 85.6 Å². The predicted octanol–water partition coefficient (Wildman–Crippen LogP) is 5.02. The van der Waals surface area contributed by atoms with E-state index in [1.54, 1.807) is 22.9 Å². The maximum absolute atomic E-state index is 13.8. The summed E-state index contributed by atoms with van der Waals surface area (Å²) in [5.41, 5.74) is 3.29. The Morgan fingerprint density at radius 3 is 2.62 bits per heavy atom. The first-order valence-electron chi connectivity index (χ1n) is 15.9. The first kappa shape index (κ1) is 32.6. The minimum atomic E-state index is -4.44. The molecule has 0 spiro atoms. The summed E-state index contributed by atoms with van der Waals surface area (Å²) < 4.78 is 56.1. The van der Waals surface area contributed by atoms with Gasteiger partial charge in [-0.05, 0) is 56.5 Å². The number of nitrogens with one attached hydrogen (secondary N) is 2. The summed E-state index contributed by atoms with van der Waals surface area (Å²) >= 11 is 0. The molecule has 12 heteroatoms. The molecule has 1 saturated heterocycles. The molecule has 0 aliphatic carbocycles. The Kier molecular flexibility index (Phi) is 10.2. The van der Waals surface area contributed by atoms with Crippen LogP contribution in [0.5, 0.6) is 0 Å². The van der Waals surface area contributed by atoms with E-state index in [2.05, 4.69) is 39.5 Å². The number of carbonyl (C=O) groups excluding carboxylic acids is 1. The molecule has 0 saturated carbocycles. The highest BCUT2D eigenvalue weighted by atomic mass is 19.4. The number of benzene rings is 2. The quantitative estimate of drug-likeness (QED) is 0.297. The van der Waals surface area contributed by atoms with Gasteiger partial charge >= 0.3 is 6.18 Å². The van der Waals surface area contributed by atoms with E-state index in [0.29, 0.717) is 55.1 Å². The SMILES string of the molecule is CN1CC[C@@H]2Nc3cccc4c3cc(n4CC(F)(F)F)C#CCNC(=O)c3cnn(c3-c3ccccc3)CCOCCOCC[C@H]2C1. The highest BCUT2D eigenvalue weighted by molar-refractivity contribution is 6.00. The van der Waals surface area contributed by atoms with Crippen LogP contribution in [0.25, 0.3) is 22.2 Å². The van der Waals surface area contributed by atoms with Gasteiger partial charge in [0.25, 0.3) is 5.91 Å². The number of amides is 1. The van der Waals surface area contributed by atoms with Crippen LogP contribution in [0.15, 0.2) is 60.8 Å². The standard InChI is InChI=1S/C35H39F3N6O3/c1-42-15-12-30-26(23-42)13-17-46-19-20-47-18-16-44-33(25-7-3-2-4-8-25)29(22-40-44)34(45)39-14-6-9-27-21-28-31(41-30)10-5-11-32(28)43(27)24-35(36,37)38/h2-5,7-8,10-11,21-22,26,30,41H,12-20,23-24H2,1H3,(H,39,45)/t26-,30-/m0/s1. The lowest BCUT2D eigenvalue weighted by atomic mass is 9.89. The van der Waals surface area contributed by atoms with Crippen LogP contribution in [0.4, 0.5) is 18.9 Å². The van der Waals surface area contributed by atoms with Crippen LogP contribution in [0.3, 0.4) is 0 Å². The smallest absolute Gasteiger partial charge is 0.381 e. The number of aromatic nitrogens is 3. The second-order valence-corrected chi connectivity index (χ2v) is 12.0. The molecule has 248 valence electrons. The number of rotatable bonds is 2. The van der Waals surface area contributed by atoms with Gasteiger partial charge in [-0.15, -0.1) is 0 Å². The van der Waals surface area contributed by atoms with Gasteiger partial charge in [0.1, 0.15) is 6.54 Å². The number of alkyl halides is 3. The maximum Gasteiger partial charge on any atom is 0.406 e. The molecule has 1 amide bonds. The van der Waals surface area contributed by atoms with Crippen LogP contribution in [0.2, 0.25) is 0 Å². The van der Waals surface area contributed by atoms with E-state index >= 15 is 0 Å². The van der Waals surface area contributed by atoms with Gasteiger partial charge in [-0.2, -0.15) is 18.3 Å². The molecule has 4 aromatic rings. The summed E-state index contributed by atoms with van der Waals surface area (Å²) in [6.07, 6.45) is -1.20. The highest BCUT2D eigenvalue weighted by Crippen LogP contribution is 2.32. The van der Waals surface area contributed by atoms with Gasteiger partial charge < -0.3 is 29.6 Å². The van der Waals surface area contributed by atoms with Crippen molar-refractivity contribution >= 4 is 22.5 Å². The summed E-state index contributed by atoms with van der Waals surface area (Å²) in [6.45, 7) is 2.85. The molecule has 4 heterocycles. The molecule has 2 aliphatic heterocycles. The van der Waals surface area contributed by atoms with Crippen molar-refractivity contribution in [1.29, 1.82) is 0 Å². The fourth-order valence-electron chi connectivity index (χ4n) is 6.44. The molecule has 2 aromatic heterocycles. The number of ether oxygens (including phenoxy) is 2. The number of nitrogens with zero attached hydrogens (tertiary/aromatic N) is 4. The first-order chi connectivity index (χ1) is 22.8. The van der Waals surface area contributed by atoms with Gasteiger partial charge in [-0.3, -0.25) is 9.48 Å². The van der Waals surface area contributed by atoms with Crippen LogP contribution >= 0.6 is 0 Å². The monoisotopic (exact) mass is 648 g/mol. The summed E-state index contributed by atoms with van der Waals surface area (Å²) in [6, 6.07) is 16.7. The molecule has 6 rings (SSSR count). The normalized spacial score (nSPS) is 20.6. The Balaban J connectivity index is 1.33. The highest BCUT2D eigenvalue weighted by Gasteiger charge is 2.31. The molecule has 0 unspecified atom stereocenters. The number of fused-ring (bicyclic) bond motifs is 4. The molecule has 47 heavy (non-hydrogen) atoms. The Labute approximate surface area is 272 Å². The van der Waals surface area contributed by atoms with Gasteiger partial charge in [-0.25, -0.2) is 0 Å². The van der Waals surface area contributed by atoms with Crippen LogP contribution in [0, 0.1) is 17.8 Å². The zero-order chi connectivity index (χ0) is 32.8. The fourth-order valence-corrected chi connectivity index (χ4v) is 6.44. The molecule has 1 fully saturated rings. The molecular formula is C35H39F3N6O3. The number of likely N-dealkylation sites (tertiary alicyclic amines) is 1. The van der Waals surface area contributed by atoms with Crippen molar-refractivity contribution in [1.82, 2.24) is 24.6 Å². The molecule has 9 nitrogen and oxygen atoms in total. The summed E-state index contributed by atoms with van der Waals surface area (Å²) in [7, 11) is 2.10. The Morgan fingerprint density at radius 2 is 1.81 bits per heavy atom. The summed E-state index contributed by atoms with van der Waals surface area (Å²) in [5, 5.41) is 11.6. The number of hydrogen-bond donors (Lipinski definition) is 2.